The van der Waals surface area contributed by atoms with Crippen LogP contribution in [0, 0.1) is 0 Å². The summed E-state index contributed by atoms with van der Waals surface area (Å²) in [5, 5.41) is 5.43. The summed E-state index contributed by atoms with van der Waals surface area (Å²) in [5.74, 6) is 0. The van der Waals surface area contributed by atoms with Crippen molar-refractivity contribution in [3.8, 4) is 0 Å². The summed E-state index contributed by atoms with van der Waals surface area (Å²) in [5.41, 5.74) is 0. The third kappa shape index (κ3) is 8.48. The zero-order valence-electron chi connectivity index (χ0n) is 20.4. The van der Waals surface area contributed by atoms with Crippen LogP contribution in [0.1, 0.15) is 12.8 Å². The molecule has 186 valence electrons. The lowest BCUT2D eigenvalue weighted by Crippen LogP contribution is -2.14. The Hall–Kier alpha value is -2.11. The second kappa shape index (κ2) is 15.2. The van der Waals surface area contributed by atoms with Crippen molar-refractivity contribution in [2.24, 2.45) is 0 Å². The van der Waals surface area contributed by atoms with Gasteiger partial charge in [-0.25, -0.2) is 0 Å². The maximum atomic E-state index is 12.4. The van der Waals surface area contributed by atoms with Gasteiger partial charge in [-0.15, -0.1) is 0 Å². The van der Waals surface area contributed by atoms with Crippen LogP contribution in [0.4, 0.5) is 0 Å². The molecule has 0 unspecified atom stereocenters. The highest BCUT2D eigenvalue weighted by Crippen LogP contribution is 2.36. The van der Waals surface area contributed by atoms with Crippen LogP contribution in [0.25, 0.3) is 0 Å². The van der Waals surface area contributed by atoms with Crippen LogP contribution >= 0.6 is 24.1 Å². The fourth-order valence-electron chi connectivity index (χ4n) is 4.04. The van der Waals surface area contributed by atoms with Crippen molar-refractivity contribution in [1.29, 1.82) is 0 Å². The van der Waals surface area contributed by atoms with Crippen molar-refractivity contribution in [2.45, 2.75) is 12.8 Å². The molecule has 0 amide bonds. The van der Waals surface area contributed by atoms with Crippen molar-refractivity contribution in [1.82, 2.24) is 0 Å². The van der Waals surface area contributed by atoms with Gasteiger partial charge in [0, 0.05) is 0 Å². The maximum absolute atomic E-state index is 12.4. The first-order valence-electron chi connectivity index (χ1n) is 12.4. The van der Waals surface area contributed by atoms with Crippen LogP contribution in [0.3, 0.4) is 0 Å². The predicted molar refractivity (Wildman–Crippen MR) is 158 cm³/mol. The van der Waals surface area contributed by atoms with E-state index in [1.54, 1.807) is 0 Å². The zero-order chi connectivity index (χ0) is 24.8. The summed E-state index contributed by atoms with van der Waals surface area (Å²) < 4.78 is 23.5. The van der Waals surface area contributed by atoms with Gasteiger partial charge in [-0.05, 0) is 62.2 Å². The van der Waals surface area contributed by atoms with Gasteiger partial charge < -0.3 is 9.05 Å². The van der Waals surface area contributed by atoms with Gasteiger partial charge in [-0.3, -0.25) is 4.57 Å². The van der Waals surface area contributed by atoms with E-state index >= 15 is 0 Å². The van der Waals surface area contributed by atoms with Crippen LogP contribution in [-0.2, 0) is 13.6 Å². The molecule has 0 radical (unpaired) electrons. The first-order chi connectivity index (χ1) is 17.8. The molecule has 6 heteroatoms. The lowest BCUT2D eigenvalue weighted by atomic mass is 10.4. The Morgan fingerprint density at radius 2 is 0.750 bits per heavy atom. The van der Waals surface area contributed by atoms with E-state index in [-0.39, 0.29) is 0 Å². The van der Waals surface area contributed by atoms with Crippen LogP contribution in [0.15, 0.2) is 121 Å². The van der Waals surface area contributed by atoms with Crippen molar-refractivity contribution in [3.63, 3.8) is 0 Å². The quantitative estimate of drug-likeness (QED) is 0.138. The molecule has 0 aliphatic heterocycles. The highest BCUT2D eigenvalue weighted by atomic mass is 31.1. The average Bonchev–Trinajstić information content (AvgIpc) is 2.95. The van der Waals surface area contributed by atoms with Crippen molar-refractivity contribution in [3.05, 3.63) is 121 Å². The standard InChI is InChI=1S/C30H33O3P3/c31-36(32-23-13-25-34(27-15-5-1-6-16-27)28-17-7-2-8-18-28)33-24-14-26-35(29-19-9-3-10-20-29)30-21-11-4-12-22-30/h1-12,15-22,36H,13-14,23-26H2. The molecule has 4 rings (SSSR count). The lowest BCUT2D eigenvalue weighted by Gasteiger charge is -2.19. The van der Waals surface area contributed by atoms with E-state index in [0.717, 1.165) is 25.2 Å². The SMILES string of the molecule is O=[PH](OCCCP(c1ccccc1)c1ccccc1)OCCCP(c1ccccc1)c1ccccc1. The summed E-state index contributed by atoms with van der Waals surface area (Å²) in [4.78, 5) is 0. The molecule has 0 heterocycles. The van der Waals surface area contributed by atoms with Gasteiger partial charge >= 0.3 is 8.25 Å². The first-order valence-corrected chi connectivity index (χ1v) is 16.6. The number of hydrogen-bond acceptors (Lipinski definition) is 3. The van der Waals surface area contributed by atoms with Gasteiger partial charge in [0.1, 0.15) is 0 Å². The minimum atomic E-state index is -2.48. The maximum Gasteiger partial charge on any atom is 0.319 e. The summed E-state index contributed by atoms with van der Waals surface area (Å²) in [6.45, 7) is 0.911. The average molecular weight is 535 g/mol. The van der Waals surface area contributed by atoms with Gasteiger partial charge in [0.15, 0.2) is 0 Å². The zero-order valence-corrected chi connectivity index (χ0v) is 23.2. The summed E-state index contributed by atoms with van der Waals surface area (Å²) >= 11 is 0. The monoisotopic (exact) mass is 534 g/mol. The van der Waals surface area contributed by atoms with Gasteiger partial charge in [-0.1, -0.05) is 121 Å². The molecular formula is C30H33O3P3. The topological polar surface area (TPSA) is 35.5 Å². The van der Waals surface area contributed by atoms with E-state index in [1.807, 2.05) is 0 Å². The largest absolute Gasteiger partial charge is 0.319 e. The number of benzene rings is 4. The van der Waals surface area contributed by atoms with Crippen LogP contribution in [0.2, 0.25) is 0 Å². The van der Waals surface area contributed by atoms with E-state index in [9.17, 15) is 4.57 Å². The highest BCUT2D eigenvalue weighted by molar-refractivity contribution is 7.73. The van der Waals surface area contributed by atoms with E-state index < -0.39 is 24.1 Å². The van der Waals surface area contributed by atoms with Crippen LogP contribution < -0.4 is 21.2 Å². The first kappa shape index (κ1) is 26.9. The summed E-state index contributed by atoms with van der Waals surface area (Å²) in [6, 6.07) is 42.6. The Morgan fingerprint density at radius 1 is 0.472 bits per heavy atom. The molecule has 4 aromatic rings. The second-order valence-electron chi connectivity index (χ2n) is 8.30. The van der Waals surface area contributed by atoms with Gasteiger partial charge in [0.2, 0.25) is 0 Å². The molecule has 0 N–H and O–H groups in total. The molecule has 0 spiro atoms. The van der Waals surface area contributed by atoms with Crippen molar-refractivity contribution >= 4 is 45.3 Å². The smallest absolute Gasteiger partial charge is 0.311 e. The summed E-state index contributed by atoms with van der Waals surface area (Å²) in [6.07, 6.45) is 3.69. The molecule has 0 aliphatic carbocycles. The van der Waals surface area contributed by atoms with E-state index in [2.05, 4.69) is 121 Å². The Labute approximate surface area is 218 Å². The molecular weight excluding hydrogens is 501 g/mol. The molecule has 0 fully saturated rings. The van der Waals surface area contributed by atoms with Crippen molar-refractivity contribution in [2.75, 3.05) is 25.5 Å². The molecule has 4 aromatic carbocycles. The van der Waals surface area contributed by atoms with Gasteiger partial charge in [-0.2, -0.15) is 0 Å². The molecule has 0 aliphatic rings. The molecule has 36 heavy (non-hydrogen) atoms. The second-order valence-corrected chi connectivity index (χ2v) is 14.0. The third-order valence-electron chi connectivity index (χ3n) is 5.76. The highest BCUT2D eigenvalue weighted by Gasteiger charge is 2.15. The number of hydrogen-bond donors (Lipinski definition) is 0. The molecule has 0 aromatic heterocycles. The van der Waals surface area contributed by atoms with E-state index in [1.165, 1.54) is 21.2 Å². The van der Waals surface area contributed by atoms with Crippen LogP contribution in [0.5, 0.6) is 0 Å². The molecule has 0 saturated carbocycles. The Kier molecular flexibility index (Phi) is 11.4. The van der Waals surface area contributed by atoms with E-state index in [4.69, 9.17) is 9.05 Å². The minimum Gasteiger partial charge on any atom is -0.311 e. The normalized spacial score (nSPS) is 11.4. The molecule has 3 nitrogen and oxygen atoms in total. The van der Waals surface area contributed by atoms with Crippen molar-refractivity contribution < 1.29 is 13.6 Å². The van der Waals surface area contributed by atoms with Gasteiger partial charge in [0.05, 0.1) is 13.2 Å². The van der Waals surface area contributed by atoms with E-state index in [0.29, 0.717) is 13.2 Å². The van der Waals surface area contributed by atoms with Gasteiger partial charge in [0.25, 0.3) is 0 Å². The fraction of sp³-hybridized carbons (Fsp3) is 0.200. The molecule has 0 saturated heterocycles. The third-order valence-corrected chi connectivity index (χ3v) is 11.9. The number of rotatable bonds is 14. The Bertz CT molecular complexity index is 987. The van der Waals surface area contributed by atoms with Crippen LogP contribution in [-0.4, -0.2) is 25.5 Å². The Morgan fingerprint density at radius 3 is 1.03 bits per heavy atom. The molecule has 0 atom stereocenters. The minimum absolute atomic E-state index is 0.455. The molecule has 0 bridgehead atoms. The fourth-order valence-corrected chi connectivity index (χ4v) is 9.40. The Balaban J connectivity index is 1.21. The summed E-state index contributed by atoms with van der Waals surface area (Å²) in [7, 11) is -3.39. The predicted octanol–water partition coefficient (Wildman–Crippen LogP) is 6.46. The lowest BCUT2D eigenvalue weighted by molar-refractivity contribution is 0.227.